The van der Waals surface area contributed by atoms with E-state index in [0.717, 1.165) is 10.5 Å². The van der Waals surface area contributed by atoms with Gasteiger partial charge in [0.1, 0.15) is 23.7 Å². The zero-order valence-corrected chi connectivity index (χ0v) is 19.4. The first-order valence-corrected chi connectivity index (χ1v) is 10.9. The van der Waals surface area contributed by atoms with Gasteiger partial charge in [0.15, 0.2) is 0 Å². The van der Waals surface area contributed by atoms with Crippen molar-refractivity contribution in [1.29, 1.82) is 0 Å². The molecule has 4 amide bonds. The topological polar surface area (TPSA) is 75.7 Å². The maximum Gasteiger partial charge on any atom is 0.335 e. The molecule has 0 saturated carbocycles. The average molecular weight is 520 g/mol. The maximum absolute atomic E-state index is 13.0. The number of nitrogens with zero attached hydrogens (tertiary/aromatic N) is 1. The van der Waals surface area contributed by atoms with Crippen LogP contribution in [0.2, 0.25) is 15.1 Å². The van der Waals surface area contributed by atoms with E-state index in [9.17, 15) is 18.8 Å². The fraction of sp³-hybridized carbons (Fsp3) is 0.0417. The third-order valence-corrected chi connectivity index (χ3v) is 5.87. The van der Waals surface area contributed by atoms with E-state index in [2.05, 4.69) is 5.32 Å². The van der Waals surface area contributed by atoms with E-state index in [1.165, 1.54) is 42.5 Å². The highest BCUT2D eigenvalue weighted by molar-refractivity contribution is 6.43. The highest BCUT2D eigenvalue weighted by Crippen LogP contribution is 2.31. The van der Waals surface area contributed by atoms with Crippen LogP contribution in [0.1, 0.15) is 11.1 Å². The minimum Gasteiger partial charge on any atom is -0.487 e. The van der Waals surface area contributed by atoms with E-state index in [4.69, 9.17) is 39.5 Å². The number of halogens is 4. The largest absolute Gasteiger partial charge is 0.487 e. The molecule has 1 heterocycles. The van der Waals surface area contributed by atoms with E-state index in [-0.39, 0.29) is 38.8 Å². The number of imide groups is 2. The van der Waals surface area contributed by atoms with Gasteiger partial charge in [-0.1, -0.05) is 53.0 Å². The molecular formula is C24H14Cl3FN2O4. The Labute approximate surface area is 208 Å². The van der Waals surface area contributed by atoms with Gasteiger partial charge in [0.25, 0.3) is 11.8 Å². The molecule has 34 heavy (non-hydrogen) atoms. The summed E-state index contributed by atoms with van der Waals surface area (Å²) >= 11 is 18.2. The summed E-state index contributed by atoms with van der Waals surface area (Å²) in [6, 6.07) is 13.8. The van der Waals surface area contributed by atoms with Crippen LogP contribution in [0.3, 0.4) is 0 Å². The number of urea groups is 1. The lowest BCUT2D eigenvalue weighted by Gasteiger charge is -2.26. The highest BCUT2D eigenvalue weighted by atomic mass is 35.5. The highest BCUT2D eigenvalue weighted by Gasteiger charge is 2.37. The second-order valence-electron chi connectivity index (χ2n) is 7.16. The second kappa shape index (κ2) is 9.85. The lowest BCUT2D eigenvalue weighted by molar-refractivity contribution is -0.122. The number of nitrogens with one attached hydrogen (secondary N) is 1. The third-order valence-electron chi connectivity index (χ3n) is 4.84. The first-order chi connectivity index (χ1) is 16.2. The fourth-order valence-electron chi connectivity index (χ4n) is 3.15. The zero-order valence-electron chi connectivity index (χ0n) is 17.2. The quantitative estimate of drug-likeness (QED) is 0.330. The average Bonchev–Trinajstić information content (AvgIpc) is 2.79. The number of amides is 4. The molecule has 4 rings (SSSR count). The molecule has 0 aliphatic carbocycles. The van der Waals surface area contributed by atoms with Crippen LogP contribution >= 0.6 is 34.8 Å². The molecule has 0 aromatic heterocycles. The number of rotatable bonds is 5. The Morgan fingerprint density at radius 2 is 1.62 bits per heavy atom. The normalized spacial score (nSPS) is 15.0. The van der Waals surface area contributed by atoms with Gasteiger partial charge in [-0.05, 0) is 59.7 Å². The predicted molar refractivity (Wildman–Crippen MR) is 128 cm³/mol. The summed E-state index contributed by atoms with van der Waals surface area (Å²) in [6.45, 7) is 0.169. The Morgan fingerprint density at radius 3 is 2.29 bits per heavy atom. The molecule has 1 fully saturated rings. The van der Waals surface area contributed by atoms with E-state index in [1.54, 1.807) is 24.3 Å². The van der Waals surface area contributed by atoms with Crippen LogP contribution in [-0.2, 0) is 16.2 Å². The Bertz CT molecular complexity index is 1340. The Kier molecular flexibility index (Phi) is 6.88. The number of barbiturate groups is 1. The van der Waals surface area contributed by atoms with Crippen molar-refractivity contribution in [2.45, 2.75) is 6.61 Å². The number of anilines is 1. The van der Waals surface area contributed by atoms with E-state index >= 15 is 0 Å². The van der Waals surface area contributed by atoms with Gasteiger partial charge in [0.05, 0.1) is 20.8 Å². The Morgan fingerprint density at radius 1 is 0.882 bits per heavy atom. The van der Waals surface area contributed by atoms with Crippen molar-refractivity contribution in [1.82, 2.24) is 5.32 Å². The molecule has 10 heteroatoms. The van der Waals surface area contributed by atoms with E-state index in [0.29, 0.717) is 11.3 Å². The number of ether oxygens (including phenoxy) is 1. The van der Waals surface area contributed by atoms with Crippen LogP contribution in [0.4, 0.5) is 14.9 Å². The van der Waals surface area contributed by atoms with Gasteiger partial charge in [-0.2, -0.15) is 0 Å². The van der Waals surface area contributed by atoms with Crippen molar-refractivity contribution in [2.24, 2.45) is 0 Å². The van der Waals surface area contributed by atoms with Gasteiger partial charge < -0.3 is 4.74 Å². The molecule has 3 aromatic rings. The van der Waals surface area contributed by atoms with Gasteiger partial charge in [0.2, 0.25) is 0 Å². The molecule has 172 valence electrons. The lowest BCUT2D eigenvalue weighted by Crippen LogP contribution is -2.54. The van der Waals surface area contributed by atoms with Gasteiger partial charge in [-0.15, -0.1) is 0 Å². The molecule has 0 unspecified atom stereocenters. The van der Waals surface area contributed by atoms with Crippen molar-refractivity contribution >= 4 is 64.4 Å². The molecule has 1 N–H and O–H groups in total. The van der Waals surface area contributed by atoms with Crippen LogP contribution in [0.25, 0.3) is 6.08 Å². The number of hydrogen-bond donors (Lipinski definition) is 1. The van der Waals surface area contributed by atoms with Gasteiger partial charge in [-0.25, -0.2) is 14.1 Å². The summed E-state index contributed by atoms with van der Waals surface area (Å²) in [5.41, 5.74) is 1.06. The SMILES string of the molecule is O=C1NC(=O)N(c2ccc(Cl)c(Cl)c2)C(=O)/C1=C/c1ccc(OCc2ccc(F)cc2)c(Cl)c1. The standard InChI is InChI=1S/C24H14Cl3FN2O4/c25-18-7-6-16(11-19(18)26)30-23(32)17(22(31)29-24(30)33)9-14-3-8-21(20(27)10-14)34-12-13-1-4-15(28)5-2-13/h1-11H,12H2,(H,29,31,33)/b17-9+. The number of hydrogen-bond acceptors (Lipinski definition) is 4. The smallest absolute Gasteiger partial charge is 0.335 e. The molecule has 1 saturated heterocycles. The predicted octanol–water partition coefficient (Wildman–Crippen LogP) is 6.03. The van der Waals surface area contributed by atoms with Crippen LogP contribution in [-0.4, -0.2) is 17.8 Å². The summed E-state index contributed by atoms with van der Waals surface area (Å²) in [5.74, 6) is -1.67. The Balaban J connectivity index is 1.56. The molecular weight excluding hydrogens is 506 g/mol. The van der Waals surface area contributed by atoms with Gasteiger partial charge >= 0.3 is 6.03 Å². The molecule has 0 spiro atoms. The summed E-state index contributed by atoms with van der Waals surface area (Å²) in [5, 5.41) is 2.76. The fourth-order valence-corrected chi connectivity index (χ4v) is 3.68. The van der Waals surface area contributed by atoms with E-state index in [1.807, 2.05) is 0 Å². The zero-order chi connectivity index (χ0) is 24.4. The second-order valence-corrected chi connectivity index (χ2v) is 8.38. The molecule has 3 aromatic carbocycles. The summed E-state index contributed by atoms with van der Waals surface area (Å²) in [4.78, 5) is 38.5. The third kappa shape index (κ3) is 5.07. The molecule has 0 bridgehead atoms. The molecule has 6 nitrogen and oxygen atoms in total. The molecule has 0 atom stereocenters. The monoisotopic (exact) mass is 518 g/mol. The maximum atomic E-state index is 13.0. The number of carbonyl (C=O) groups excluding carboxylic acids is 3. The minimum absolute atomic E-state index is 0.144. The molecule has 1 aliphatic heterocycles. The van der Waals surface area contributed by atoms with Gasteiger partial charge in [0, 0.05) is 0 Å². The Hall–Kier alpha value is -3.39. The lowest BCUT2D eigenvalue weighted by atomic mass is 10.1. The van der Waals surface area contributed by atoms with Gasteiger partial charge in [-0.3, -0.25) is 14.9 Å². The van der Waals surface area contributed by atoms with Crippen molar-refractivity contribution < 1.29 is 23.5 Å². The van der Waals surface area contributed by atoms with Crippen LogP contribution in [0.5, 0.6) is 5.75 Å². The molecule has 1 aliphatic rings. The number of benzene rings is 3. The first-order valence-electron chi connectivity index (χ1n) is 9.76. The van der Waals surface area contributed by atoms with Crippen molar-refractivity contribution in [3.05, 3.63) is 98.2 Å². The minimum atomic E-state index is -0.909. The van der Waals surface area contributed by atoms with Crippen LogP contribution < -0.4 is 15.0 Å². The first kappa shape index (κ1) is 23.8. The summed E-state index contributed by atoms with van der Waals surface area (Å²) in [7, 11) is 0. The van der Waals surface area contributed by atoms with E-state index < -0.39 is 17.8 Å². The molecule has 0 radical (unpaired) electrons. The van der Waals surface area contributed by atoms with Crippen molar-refractivity contribution in [3.63, 3.8) is 0 Å². The summed E-state index contributed by atoms with van der Waals surface area (Å²) < 4.78 is 18.7. The van der Waals surface area contributed by atoms with Crippen molar-refractivity contribution in [2.75, 3.05) is 4.90 Å². The van der Waals surface area contributed by atoms with Crippen molar-refractivity contribution in [3.8, 4) is 5.75 Å². The summed E-state index contributed by atoms with van der Waals surface area (Å²) in [6.07, 6.45) is 1.31. The number of carbonyl (C=O) groups is 3. The van der Waals surface area contributed by atoms with Crippen LogP contribution in [0, 0.1) is 5.82 Å². The van der Waals surface area contributed by atoms with Crippen LogP contribution in [0.15, 0.2) is 66.2 Å².